The van der Waals surface area contributed by atoms with Crippen LogP contribution in [0.15, 0.2) is 0 Å². The molecule has 1 atom stereocenters. The van der Waals surface area contributed by atoms with Gasteiger partial charge in [0.05, 0.1) is 6.07 Å². The van der Waals surface area contributed by atoms with Crippen LogP contribution in [-0.2, 0) is 14.8 Å². The van der Waals surface area contributed by atoms with Gasteiger partial charge >= 0.3 is 0 Å². The third kappa shape index (κ3) is 2.22. The van der Waals surface area contributed by atoms with Crippen LogP contribution in [0.5, 0.6) is 0 Å². The highest BCUT2D eigenvalue weighted by Crippen LogP contribution is 2.27. The molecule has 0 N–H and O–H groups in total. The lowest BCUT2D eigenvalue weighted by atomic mass is 10.0. The zero-order valence-electron chi connectivity index (χ0n) is 11.2. The fourth-order valence-corrected chi connectivity index (χ4v) is 4.08. The van der Waals surface area contributed by atoms with Crippen LogP contribution in [0.2, 0.25) is 0 Å². The minimum Gasteiger partial charge on any atom is -0.343 e. The molecule has 0 aliphatic carbocycles. The number of nitriles is 1. The Morgan fingerprint density at radius 1 is 1.44 bits per heavy atom. The van der Waals surface area contributed by atoms with Crippen LogP contribution in [0, 0.1) is 11.3 Å². The van der Waals surface area contributed by atoms with Crippen molar-refractivity contribution in [1.82, 2.24) is 9.21 Å². The van der Waals surface area contributed by atoms with Gasteiger partial charge < -0.3 is 4.90 Å². The van der Waals surface area contributed by atoms with Crippen molar-refractivity contribution in [2.24, 2.45) is 0 Å². The van der Waals surface area contributed by atoms with Crippen molar-refractivity contribution in [3.8, 4) is 6.07 Å². The lowest BCUT2D eigenvalue weighted by Gasteiger charge is -2.44. The number of hydrogen-bond acceptors (Lipinski definition) is 4. The van der Waals surface area contributed by atoms with E-state index in [1.54, 1.807) is 33.9 Å². The molecule has 1 rings (SSSR count). The molecule has 0 bridgehead atoms. The monoisotopic (exact) mass is 273 g/mol. The molecule has 1 saturated heterocycles. The molecule has 0 saturated carbocycles. The molecule has 102 valence electrons. The molecular weight excluding hydrogens is 254 g/mol. The molecule has 1 aliphatic heterocycles. The van der Waals surface area contributed by atoms with E-state index in [0.717, 1.165) is 0 Å². The number of nitrogens with zero attached hydrogens (tertiary/aromatic N) is 3. The van der Waals surface area contributed by atoms with Gasteiger partial charge in [-0.15, -0.1) is 0 Å². The molecule has 0 spiro atoms. The lowest BCUT2D eigenvalue weighted by molar-refractivity contribution is -0.142. The summed E-state index contributed by atoms with van der Waals surface area (Å²) in [6, 6.07) is 1.80. The minimum atomic E-state index is -3.76. The first-order chi connectivity index (χ1) is 8.19. The highest BCUT2D eigenvalue weighted by Gasteiger charge is 2.48. The predicted octanol–water partition coefficient (Wildman–Crippen LogP) is 0.171. The fraction of sp³-hybridized carbons (Fsp3) is 0.818. The Morgan fingerprint density at radius 2 is 2.00 bits per heavy atom. The number of rotatable bonds is 3. The lowest BCUT2D eigenvalue weighted by Crippen LogP contribution is -2.64. The van der Waals surface area contributed by atoms with E-state index in [1.807, 2.05) is 0 Å². The first-order valence-electron chi connectivity index (χ1n) is 5.86. The van der Waals surface area contributed by atoms with Gasteiger partial charge in [-0.05, 0) is 20.3 Å². The summed E-state index contributed by atoms with van der Waals surface area (Å²) in [5.74, 6) is -0.245. The Hall–Kier alpha value is -1.13. The normalized spacial score (nSPS) is 22.6. The Labute approximate surface area is 108 Å². The van der Waals surface area contributed by atoms with E-state index in [0.29, 0.717) is 6.54 Å². The van der Waals surface area contributed by atoms with E-state index in [1.165, 1.54) is 9.21 Å². The summed E-state index contributed by atoms with van der Waals surface area (Å²) in [6.07, 6.45) is 0.218. The Morgan fingerprint density at radius 3 is 2.44 bits per heavy atom. The van der Waals surface area contributed by atoms with Crippen molar-refractivity contribution in [3.63, 3.8) is 0 Å². The van der Waals surface area contributed by atoms with Crippen molar-refractivity contribution in [3.05, 3.63) is 0 Å². The Balaban J connectivity index is 3.18. The van der Waals surface area contributed by atoms with Crippen molar-refractivity contribution in [1.29, 1.82) is 5.26 Å². The molecule has 0 aromatic heterocycles. The number of carbonyl (C=O) groups is 1. The third-order valence-corrected chi connectivity index (χ3v) is 5.72. The molecule has 0 aromatic rings. The molecule has 1 amide bonds. The van der Waals surface area contributed by atoms with Gasteiger partial charge in [0.25, 0.3) is 0 Å². The fourth-order valence-electron chi connectivity index (χ4n) is 2.16. The van der Waals surface area contributed by atoms with Gasteiger partial charge in [-0.25, -0.2) is 8.42 Å². The van der Waals surface area contributed by atoms with Gasteiger partial charge in [0.15, 0.2) is 5.25 Å². The Bertz CT molecular complexity index is 478. The average molecular weight is 273 g/mol. The SMILES string of the molecule is CCC(C#N)S(=O)(=O)N1CCN(C)C(=O)C1(C)C. The van der Waals surface area contributed by atoms with Crippen LogP contribution in [0.3, 0.4) is 0 Å². The predicted molar refractivity (Wildman–Crippen MR) is 67.0 cm³/mol. The van der Waals surface area contributed by atoms with Gasteiger partial charge in [-0.3, -0.25) is 4.79 Å². The molecule has 0 radical (unpaired) electrons. The van der Waals surface area contributed by atoms with Gasteiger partial charge in [-0.2, -0.15) is 9.57 Å². The molecule has 7 heteroatoms. The largest absolute Gasteiger partial charge is 0.343 e. The molecule has 6 nitrogen and oxygen atoms in total. The van der Waals surface area contributed by atoms with E-state index in [2.05, 4.69) is 0 Å². The summed E-state index contributed by atoms with van der Waals surface area (Å²) < 4.78 is 25.9. The van der Waals surface area contributed by atoms with Crippen LogP contribution in [0.25, 0.3) is 0 Å². The maximum Gasteiger partial charge on any atom is 0.243 e. The number of hydrogen-bond donors (Lipinski definition) is 0. The summed E-state index contributed by atoms with van der Waals surface area (Å²) in [5.41, 5.74) is -1.13. The summed E-state index contributed by atoms with van der Waals surface area (Å²) in [6.45, 7) is 5.38. The zero-order chi connectivity index (χ0) is 14.1. The smallest absolute Gasteiger partial charge is 0.243 e. The molecule has 1 heterocycles. The second-order valence-corrected chi connectivity index (χ2v) is 6.97. The summed E-state index contributed by atoms with van der Waals surface area (Å²) >= 11 is 0. The van der Waals surface area contributed by atoms with E-state index in [4.69, 9.17) is 5.26 Å². The standard InChI is InChI=1S/C11H19N3O3S/c1-5-9(8-12)18(16,17)14-7-6-13(4)10(15)11(14,2)3/h9H,5-7H2,1-4H3. The van der Waals surface area contributed by atoms with Gasteiger partial charge in [-0.1, -0.05) is 6.92 Å². The first kappa shape index (κ1) is 14.9. The average Bonchev–Trinajstić information content (AvgIpc) is 2.26. The topological polar surface area (TPSA) is 81.5 Å². The molecule has 0 aromatic carbocycles. The van der Waals surface area contributed by atoms with Crippen LogP contribution in [0.4, 0.5) is 0 Å². The molecule has 1 aliphatic rings. The van der Waals surface area contributed by atoms with Gasteiger partial charge in [0.1, 0.15) is 5.54 Å². The van der Waals surface area contributed by atoms with Crippen molar-refractivity contribution in [2.75, 3.05) is 20.1 Å². The van der Waals surface area contributed by atoms with Crippen molar-refractivity contribution in [2.45, 2.75) is 38.0 Å². The number of carbonyl (C=O) groups excluding carboxylic acids is 1. The number of sulfonamides is 1. The molecule has 1 fully saturated rings. The quantitative estimate of drug-likeness (QED) is 0.734. The van der Waals surface area contributed by atoms with E-state index in [9.17, 15) is 13.2 Å². The van der Waals surface area contributed by atoms with E-state index < -0.39 is 20.8 Å². The van der Waals surface area contributed by atoms with Gasteiger partial charge in [0, 0.05) is 20.1 Å². The van der Waals surface area contributed by atoms with Gasteiger partial charge in [0.2, 0.25) is 15.9 Å². The number of piperazine rings is 1. The highest BCUT2D eigenvalue weighted by molar-refractivity contribution is 7.90. The second kappa shape index (κ2) is 4.86. The van der Waals surface area contributed by atoms with Crippen molar-refractivity contribution >= 4 is 15.9 Å². The molecular formula is C11H19N3O3S. The minimum absolute atomic E-state index is 0.218. The van der Waals surface area contributed by atoms with Crippen LogP contribution in [-0.4, -0.2) is 54.5 Å². The maximum atomic E-state index is 12.3. The van der Waals surface area contributed by atoms with E-state index >= 15 is 0 Å². The summed E-state index contributed by atoms with van der Waals surface area (Å²) in [5, 5.41) is 7.84. The van der Waals surface area contributed by atoms with Crippen LogP contribution < -0.4 is 0 Å². The highest BCUT2D eigenvalue weighted by atomic mass is 32.2. The third-order valence-electron chi connectivity index (χ3n) is 3.31. The summed E-state index contributed by atoms with van der Waals surface area (Å²) in [7, 11) is -2.12. The number of likely N-dealkylation sites (N-methyl/N-ethyl adjacent to an activating group) is 1. The van der Waals surface area contributed by atoms with Crippen molar-refractivity contribution < 1.29 is 13.2 Å². The maximum absolute atomic E-state index is 12.3. The molecule has 18 heavy (non-hydrogen) atoms. The first-order valence-corrected chi connectivity index (χ1v) is 7.36. The number of amides is 1. The van der Waals surface area contributed by atoms with Crippen LogP contribution in [0.1, 0.15) is 27.2 Å². The van der Waals surface area contributed by atoms with Crippen LogP contribution >= 0.6 is 0 Å². The molecule has 1 unspecified atom stereocenters. The van der Waals surface area contributed by atoms with E-state index in [-0.39, 0.29) is 18.9 Å². The zero-order valence-corrected chi connectivity index (χ0v) is 12.0. The second-order valence-electron chi connectivity index (χ2n) is 4.93. The summed E-state index contributed by atoms with van der Waals surface area (Å²) in [4.78, 5) is 13.6. The Kier molecular flexibility index (Phi) is 4.03.